The molecule has 0 nitrogen and oxygen atoms in total. The van der Waals surface area contributed by atoms with Crippen LogP contribution in [0.4, 0.5) is 0 Å². The third kappa shape index (κ3) is 2.20. The molecule has 1 aliphatic carbocycles. The van der Waals surface area contributed by atoms with Gasteiger partial charge in [0.2, 0.25) is 0 Å². The molecule has 0 N–H and O–H groups in total. The molecule has 0 bridgehead atoms. The first-order valence-corrected chi connectivity index (χ1v) is 9.45. The standard InChI is InChI=1S/C25H28/c1-7-25(6)21-15-17(24(3,4)5)12-13-20(21)23-19-11-9-8-10-18(19)16(2)14-22(23)25/h8-15H,7H2,1-6H3. The topological polar surface area (TPSA) is 0 Å². The van der Waals surface area contributed by atoms with Crippen molar-refractivity contribution in [2.45, 2.75) is 58.8 Å². The van der Waals surface area contributed by atoms with Crippen LogP contribution in [0.5, 0.6) is 0 Å². The predicted molar refractivity (Wildman–Crippen MR) is 110 cm³/mol. The van der Waals surface area contributed by atoms with Gasteiger partial charge < -0.3 is 0 Å². The fraction of sp³-hybridized carbons (Fsp3) is 0.360. The van der Waals surface area contributed by atoms with Crippen LogP contribution in [0.15, 0.2) is 48.5 Å². The molecule has 0 spiro atoms. The van der Waals surface area contributed by atoms with Crippen molar-refractivity contribution in [3.05, 3.63) is 70.8 Å². The van der Waals surface area contributed by atoms with Crippen LogP contribution < -0.4 is 0 Å². The molecule has 3 aromatic carbocycles. The Labute approximate surface area is 151 Å². The van der Waals surface area contributed by atoms with Crippen molar-refractivity contribution in [3.8, 4) is 11.1 Å². The van der Waals surface area contributed by atoms with Gasteiger partial charge in [-0.25, -0.2) is 0 Å². The molecule has 1 aliphatic rings. The van der Waals surface area contributed by atoms with Gasteiger partial charge in [-0.15, -0.1) is 0 Å². The number of rotatable bonds is 1. The largest absolute Gasteiger partial charge is 0.0642 e. The van der Waals surface area contributed by atoms with Crippen LogP contribution in [-0.2, 0) is 10.8 Å². The monoisotopic (exact) mass is 328 g/mol. The molecule has 0 saturated heterocycles. The van der Waals surface area contributed by atoms with Gasteiger partial charge in [-0.2, -0.15) is 0 Å². The number of hydrogen-bond acceptors (Lipinski definition) is 0. The van der Waals surface area contributed by atoms with Crippen molar-refractivity contribution in [2.75, 3.05) is 0 Å². The molecule has 0 radical (unpaired) electrons. The molecule has 25 heavy (non-hydrogen) atoms. The first-order chi connectivity index (χ1) is 11.8. The average Bonchev–Trinajstić information content (AvgIpc) is 2.84. The molecule has 0 aliphatic heterocycles. The Hall–Kier alpha value is -2.08. The van der Waals surface area contributed by atoms with E-state index in [0.717, 1.165) is 6.42 Å². The van der Waals surface area contributed by atoms with Gasteiger partial charge in [0.1, 0.15) is 0 Å². The first-order valence-electron chi connectivity index (χ1n) is 9.45. The van der Waals surface area contributed by atoms with Gasteiger partial charge in [0, 0.05) is 5.41 Å². The van der Waals surface area contributed by atoms with E-state index < -0.39 is 0 Å². The number of hydrogen-bond donors (Lipinski definition) is 0. The van der Waals surface area contributed by atoms with Gasteiger partial charge in [0.05, 0.1) is 0 Å². The number of fused-ring (bicyclic) bond motifs is 5. The second-order valence-corrected chi connectivity index (χ2v) is 8.86. The van der Waals surface area contributed by atoms with Crippen molar-refractivity contribution < 1.29 is 0 Å². The van der Waals surface area contributed by atoms with E-state index in [-0.39, 0.29) is 10.8 Å². The second kappa shape index (κ2) is 5.21. The lowest BCUT2D eigenvalue weighted by Crippen LogP contribution is -2.21. The Morgan fingerprint density at radius 3 is 2.20 bits per heavy atom. The summed E-state index contributed by atoms with van der Waals surface area (Å²) < 4.78 is 0. The summed E-state index contributed by atoms with van der Waals surface area (Å²) in [6.45, 7) is 13.9. The van der Waals surface area contributed by atoms with Gasteiger partial charge in [0.25, 0.3) is 0 Å². The maximum atomic E-state index is 2.48. The molecular weight excluding hydrogens is 300 g/mol. The number of benzene rings is 3. The highest BCUT2D eigenvalue weighted by Gasteiger charge is 2.39. The molecule has 0 amide bonds. The third-order valence-electron chi connectivity index (χ3n) is 6.30. The van der Waals surface area contributed by atoms with Crippen LogP contribution in [0.1, 0.15) is 63.3 Å². The smallest absolute Gasteiger partial charge is 0.0184 e. The minimum absolute atomic E-state index is 0.0979. The Morgan fingerprint density at radius 2 is 1.56 bits per heavy atom. The maximum absolute atomic E-state index is 2.48. The molecule has 0 saturated carbocycles. The zero-order valence-electron chi connectivity index (χ0n) is 16.3. The van der Waals surface area contributed by atoms with E-state index in [0.29, 0.717) is 0 Å². The van der Waals surface area contributed by atoms with Crippen molar-refractivity contribution >= 4 is 10.8 Å². The summed E-state index contributed by atoms with van der Waals surface area (Å²) in [6.07, 6.45) is 1.12. The second-order valence-electron chi connectivity index (χ2n) is 8.86. The Morgan fingerprint density at radius 1 is 0.880 bits per heavy atom. The summed E-state index contributed by atoms with van der Waals surface area (Å²) >= 11 is 0. The van der Waals surface area contributed by atoms with Gasteiger partial charge in [-0.1, -0.05) is 83.1 Å². The van der Waals surface area contributed by atoms with E-state index >= 15 is 0 Å². The Bertz CT molecular complexity index is 985. The molecule has 3 aromatic rings. The lowest BCUT2D eigenvalue weighted by Gasteiger charge is -2.28. The lowest BCUT2D eigenvalue weighted by molar-refractivity contribution is 0.554. The summed E-state index contributed by atoms with van der Waals surface area (Å²) in [4.78, 5) is 0. The SMILES string of the molecule is CCC1(C)c2cc(C(C)(C)C)ccc2-c2c1cc(C)c1ccccc21. The molecule has 0 fully saturated rings. The minimum atomic E-state index is 0.0979. The van der Waals surface area contributed by atoms with E-state index in [1.54, 1.807) is 0 Å². The molecular formula is C25H28. The van der Waals surface area contributed by atoms with Crippen LogP contribution in [0.2, 0.25) is 0 Å². The molecule has 1 unspecified atom stereocenters. The fourth-order valence-electron chi connectivity index (χ4n) is 4.49. The number of aryl methyl sites for hydroxylation is 1. The minimum Gasteiger partial charge on any atom is -0.0642 e. The van der Waals surface area contributed by atoms with E-state index in [1.165, 1.54) is 44.2 Å². The first kappa shape index (κ1) is 16.4. The van der Waals surface area contributed by atoms with Crippen molar-refractivity contribution in [1.82, 2.24) is 0 Å². The van der Waals surface area contributed by atoms with Gasteiger partial charge in [-0.3, -0.25) is 0 Å². The Balaban J connectivity index is 2.12. The molecule has 0 heteroatoms. The normalized spacial score (nSPS) is 19.1. The highest BCUT2D eigenvalue weighted by Crippen LogP contribution is 2.54. The van der Waals surface area contributed by atoms with Crippen LogP contribution >= 0.6 is 0 Å². The molecule has 4 rings (SSSR count). The molecule has 1 atom stereocenters. The highest BCUT2D eigenvalue weighted by atomic mass is 14.4. The van der Waals surface area contributed by atoms with Crippen molar-refractivity contribution in [1.29, 1.82) is 0 Å². The van der Waals surface area contributed by atoms with E-state index in [4.69, 9.17) is 0 Å². The summed E-state index contributed by atoms with van der Waals surface area (Å²) in [6, 6.07) is 18.5. The Kier molecular flexibility index (Phi) is 3.41. The van der Waals surface area contributed by atoms with Crippen LogP contribution in [-0.4, -0.2) is 0 Å². The van der Waals surface area contributed by atoms with Crippen molar-refractivity contribution in [3.63, 3.8) is 0 Å². The average molecular weight is 328 g/mol. The lowest BCUT2D eigenvalue weighted by atomic mass is 9.75. The predicted octanol–water partition coefficient (Wildman–Crippen LogP) is 7.14. The zero-order chi connectivity index (χ0) is 18.0. The van der Waals surface area contributed by atoms with Gasteiger partial charge in [0.15, 0.2) is 0 Å². The summed E-state index contributed by atoms with van der Waals surface area (Å²) in [5.41, 5.74) is 9.00. The van der Waals surface area contributed by atoms with Crippen LogP contribution in [0.25, 0.3) is 21.9 Å². The maximum Gasteiger partial charge on any atom is 0.0184 e. The van der Waals surface area contributed by atoms with E-state index in [9.17, 15) is 0 Å². The van der Waals surface area contributed by atoms with Gasteiger partial charge in [-0.05, 0) is 62.9 Å². The summed E-state index contributed by atoms with van der Waals surface area (Å²) in [7, 11) is 0. The van der Waals surface area contributed by atoms with Gasteiger partial charge >= 0.3 is 0 Å². The fourth-order valence-corrected chi connectivity index (χ4v) is 4.49. The molecule has 0 aromatic heterocycles. The van der Waals surface area contributed by atoms with E-state index in [1.807, 2.05) is 0 Å². The summed E-state index contributed by atoms with van der Waals surface area (Å²) in [5, 5.41) is 2.78. The molecule has 0 heterocycles. The van der Waals surface area contributed by atoms with Crippen LogP contribution in [0.3, 0.4) is 0 Å². The highest BCUT2D eigenvalue weighted by molar-refractivity contribution is 6.03. The zero-order valence-corrected chi connectivity index (χ0v) is 16.3. The molecule has 128 valence electrons. The van der Waals surface area contributed by atoms with E-state index in [2.05, 4.69) is 90.1 Å². The van der Waals surface area contributed by atoms with Crippen LogP contribution in [0, 0.1) is 6.92 Å². The summed E-state index contributed by atoms with van der Waals surface area (Å²) in [5.74, 6) is 0. The quantitative estimate of drug-likeness (QED) is 0.445. The van der Waals surface area contributed by atoms with Crippen molar-refractivity contribution in [2.24, 2.45) is 0 Å². The third-order valence-corrected chi connectivity index (χ3v) is 6.30.